The van der Waals surface area contributed by atoms with Crippen LogP contribution < -0.4 is 5.32 Å². The molecule has 1 aromatic heterocycles. The van der Waals surface area contributed by atoms with Gasteiger partial charge in [0, 0.05) is 32.8 Å². The zero-order valence-electron chi connectivity index (χ0n) is 14.2. The number of aromatic nitrogens is 2. The number of carbonyl (C=O) groups excluding carboxylic acids is 1. The van der Waals surface area contributed by atoms with E-state index >= 15 is 0 Å². The van der Waals surface area contributed by atoms with E-state index in [9.17, 15) is 9.90 Å². The second-order valence-corrected chi connectivity index (χ2v) is 6.52. The van der Waals surface area contributed by atoms with E-state index < -0.39 is 0 Å². The molecule has 1 saturated heterocycles. The van der Waals surface area contributed by atoms with E-state index in [4.69, 9.17) is 0 Å². The number of hydrogen-bond donors (Lipinski definition) is 2. The average molecular weight is 330 g/mol. The molecule has 0 saturated carbocycles. The Morgan fingerprint density at radius 3 is 3.08 bits per heavy atom. The van der Waals surface area contributed by atoms with Crippen LogP contribution in [-0.4, -0.2) is 51.8 Å². The van der Waals surface area contributed by atoms with Crippen LogP contribution in [0.15, 0.2) is 24.3 Å². The molecule has 1 unspecified atom stereocenters. The Bertz CT molecular complexity index is 697. The lowest BCUT2D eigenvalue weighted by Gasteiger charge is -2.31. The molecule has 2 heterocycles. The molecule has 1 aliphatic heterocycles. The van der Waals surface area contributed by atoms with Crippen LogP contribution in [0, 0.1) is 12.8 Å². The molecule has 3 rings (SSSR count). The minimum atomic E-state index is -0.0136. The fraction of sp³-hybridized carbons (Fsp3) is 0.556. The molecule has 1 aliphatic rings. The lowest BCUT2D eigenvalue weighted by atomic mass is 9.99. The molecule has 1 aromatic carbocycles. The van der Waals surface area contributed by atoms with Gasteiger partial charge in [0.1, 0.15) is 5.82 Å². The standard InChI is InChI=1S/C18H26N4O2/c1-14-20-16-7-2-3-8-17(16)22(14)11-5-9-19-18(24)21-10-4-6-15(12-21)13-23/h2-3,7-8,15,23H,4-6,9-13H2,1H3,(H,19,24). The van der Waals surface area contributed by atoms with Gasteiger partial charge < -0.3 is 19.9 Å². The first kappa shape index (κ1) is 16.8. The second kappa shape index (κ2) is 7.66. The van der Waals surface area contributed by atoms with Crippen molar-refractivity contribution in [3.63, 3.8) is 0 Å². The highest BCUT2D eigenvalue weighted by Gasteiger charge is 2.22. The van der Waals surface area contributed by atoms with Crippen LogP contribution in [-0.2, 0) is 6.54 Å². The maximum Gasteiger partial charge on any atom is 0.317 e. The van der Waals surface area contributed by atoms with Gasteiger partial charge in [0.05, 0.1) is 11.0 Å². The molecule has 130 valence electrons. The largest absolute Gasteiger partial charge is 0.396 e. The number of nitrogens with zero attached hydrogens (tertiary/aromatic N) is 3. The number of nitrogens with one attached hydrogen (secondary N) is 1. The van der Waals surface area contributed by atoms with Crippen molar-refractivity contribution in [3.05, 3.63) is 30.1 Å². The van der Waals surface area contributed by atoms with Gasteiger partial charge >= 0.3 is 6.03 Å². The first-order chi connectivity index (χ1) is 11.7. The number of piperidine rings is 1. The molecule has 2 N–H and O–H groups in total. The maximum absolute atomic E-state index is 12.2. The van der Waals surface area contributed by atoms with Crippen LogP contribution >= 0.6 is 0 Å². The Morgan fingerprint density at radius 2 is 2.25 bits per heavy atom. The highest BCUT2D eigenvalue weighted by molar-refractivity contribution is 5.76. The van der Waals surface area contributed by atoms with Crippen molar-refractivity contribution < 1.29 is 9.90 Å². The van der Waals surface area contributed by atoms with Gasteiger partial charge in [-0.05, 0) is 44.2 Å². The van der Waals surface area contributed by atoms with Crippen molar-refractivity contribution in [1.82, 2.24) is 19.8 Å². The molecule has 2 amide bonds. The highest BCUT2D eigenvalue weighted by Crippen LogP contribution is 2.16. The molecule has 2 aromatic rings. The minimum absolute atomic E-state index is 0.0136. The molecule has 6 heteroatoms. The summed E-state index contributed by atoms with van der Waals surface area (Å²) in [5.74, 6) is 1.23. The van der Waals surface area contributed by atoms with Crippen LogP contribution in [0.4, 0.5) is 4.79 Å². The molecule has 1 fully saturated rings. The smallest absolute Gasteiger partial charge is 0.317 e. The number of benzene rings is 1. The number of amides is 2. The van der Waals surface area contributed by atoms with Crippen LogP contribution in [0.25, 0.3) is 11.0 Å². The van der Waals surface area contributed by atoms with E-state index in [2.05, 4.69) is 20.9 Å². The summed E-state index contributed by atoms with van der Waals surface area (Å²) in [5.41, 5.74) is 2.16. The quantitative estimate of drug-likeness (QED) is 0.825. The Morgan fingerprint density at radius 1 is 1.42 bits per heavy atom. The number of rotatable bonds is 5. The van der Waals surface area contributed by atoms with Crippen molar-refractivity contribution >= 4 is 17.1 Å². The summed E-state index contributed by atoms with van der Waals surface area (Å²) in [5, 5.41) is 12.3. The van der Waals surface area contributed by atoms with E-state index in [0.29, 0.717) is 13.1 Å². The van der Waals surface area contributed by atoms with Gasteiger partial charge in [-0.25, -0.2) is 9.78 Å². The average Bonchev–Trinajstić information content (AvgIpc) is 2.94. The van der Waals surface area contributed by atoms with Crippen molar-refractivity contribution in [3.8, 4) is 0 Å². The minimum Gasteiger partial charge on any atom is -0.396 e. The van der Waals surface area contributed by atoms with Gasteiger partial charge in [-0.3, -0.25) is 0 Å². The van der Waals surface area contributed by atoms with Gasteiger partial charge in [-0.1, -0.05) is 12.1 Å². The van der Waals surface area contributed by atoms with E-state index in [0.717, 1.165) is 49.2 Å². The summed E-state index contributed by atoms with van der Waals surface area (Å²) in [4.78, 5) is 18.6. The first-order valence-corrected chi connectivity index (χ1v) is 8.74. The van der Waals surface area contributed by atoms with Crippen molar-refractivity contribution in [2.75, 3.05) is 26.2 Å². The Hall–Kier alpha value is -2.08. The molecular formula is C18H26N4O2. The number of fused-ring (bicyclic) bond motifs is 1. The van der Waals surface area contributed by atoms with E-state index in [-0.39, 0.29) is 18.6 Å². The van der Waals surface area contributed by atoms with E-state index in [1.807, 2.05) is 30.0 Å². The zero-order chi connectivity index (χ0) is 16.9. The summed E-state index contributed by atoms with van der Waals surface area (Å²) < 4.78 is 2.20. The normalized spacial score (nSPS) is 18.1. The van der Waals surface area contributed by atoms with Gasteiger partial charge in [-0.2, -0.15) is 0 Å². The highest BCUT2D eigenvalue weighted by atomic mass is 16.3. The summed E-state index contributed by atoms with van der Waals surface area (Å²) in [6.07, 6.45) is 2.84. The summed E-state index contributed by atoms with van der Waals surface area (Å²) >= 11 is 0. The maximum atomic E-state index is 12.2. The predicted molar refractivity (Wildman–Crippen MR) is 93.9 cm³/mol. The topological polar surface area (TPSA) is 70.4 Å². The third-order valence-corrected chi connectivity index (χ3v) is 4.74. The molecule has 24 heavy (non-hydrogen) atoms. The number of hydrogen-bond acceptors (Lipinski definition) is 3. The monoisotopic (exact) mass is 330 g/mol. The van der Waals surface area contributed by atoms with Crippen molar-refractivity contribution in [2.24, 2.45) is 5.92 Å². The van der Waals surface area contributed by atoms with Gasteiger partial charge in [0.2, 0.25) is 0 Å². The Labute approximate surface area is 142 Å². The fourth-order valence-corrected chi connectivity index (χ4v) is 3.42. The predicted octanol–water partition coefficient (Wildman–Crippen LogP) is 2.15. The third kappa shape index (κ3) is 3.70. The second-order valence-electron chi connectivity index (χ2n) is 6.52. The third-order valence-electron chi connectivity index (χ3n) is 4.74. The van der Waals surface area contributed by atoms with Crippen LogP contribution in [0.5, 0.6) is 0 Å². The van der Waals surface area contributed by atoms with Crippen molar-refractivity contribution in [2.45, 2.75) is 32.7 Å². The van der Waals surface area contributed by atoms with E-state index in [1.54, 1.807) is 0 Å². The van der Waals surface area contributed by atoms with Gasteiger partial charge in [0.25, 0.3) is 0 Å². The van der Waals surface area contributed by atoms with Gasteiger partial charge in [0.15, 0.2) is 0 Å². The summed E-state index contributed by atoms with van der Waals surface area (Å²) in [7, 11) is 0. The van der Waals surface area contributed by atoms with Crippen molar-refractivity contribution in [1.29, 1.82) is 0 Å². The molecular weight excluding hydrogens is 304 g/mol. The van der Waals surface area contributed by atoms with E-state index in [1.165, 1.54) is 0 Å². The molecule has 0 radical (unpaired) electrons. The summed E-state index contributed by atoms with van der Waals surface area (Å²) in [6, 6.07) is 8.11. The lowest BCUT2D eigenvalue weighted by Crippen LogP contribution is -2.46. The Kier molecular flexibility index (Phi) is 5.35. The number of aryl methyl sites for hydroxylation is 2. The molecule has 1 atom stereocenters. The summed E-state index contributed by atoms with van der Waals surface area (Å²) in [6.45, 7) is 5.11. The Balaban J connectivity index is 1.48. The number of carbonyl (C=O) groups is 1. The number of para-hydroxylation sites is 2. The first-order valence-electron chi connectivity index (χ1n) is 8.74. The molecule has 0 aliphatic carbocycles. The number of imidazole rings is 1. The number of likely N-dealkylation sites (tertiary alicyclic amines) is 1. The zero-order valence-corrected chi connectivity index (χ0v) is 14.2. The molecule has 0 bridgehead atoms. The number of urea groups is 1. The van der Waals surface area contributed by atoms with Crippen LogP contribution in [0.3, 0.4) is 0 Å². The fourth-order valence-electron chi connectivity index (χ4n) is 3.42. The number of aliphatic hydroxyl groups excluding tert-OH is 1. The number of aliphatic hydroxyl groups is 1. The van der Waals surface area contributed by atoms with Crippen LogP contribution in [0.1, 0.15) is 25.1 Å². The molecule has 6 nitrogen and oxygen atoms in total. The van der Waals surface area contributed by atoms with Gasteiger partial charge in [-0.15, -0.1) is 0 Å². The molecule has 0 spiro atoms. The SMILES string of the molecule is Cc1nc2ccccc2n1CCCNC(=O)N1CCCC(CO)C1. The van der Waals surface area contributed by atoms with Crippen LogP contribution in [0.2, 0.25) is 0 Å². The lowest BCUT2D eigenvalue weighted by molar-refractivity contribution is 0.129.